The molecule has 0 N–H and O–H groups in total. The molecule has 0 saturated heterocycles. The van der Waals surface area contributed by atoms with E-state index in [9.17, 15) is 4.79 Å². The number of carbonyl (C=O) groups is 1. The maximum atomic E-state index is 11.9. The van der Waals surface area contributed by atoms with Gasteiger partial charge in [0, 0.05) is 0 Å². The van der Waals surface area contributed by atoms with Gasteiger partial charge in [-0.15, -0.1) is 0 Å². The van der Waals surface area contributed by atoms with Crippen LogP contribution in [0.3, 0.4) is 0 Å². The molecule has 0 spiro atoms. The van der Waals surface area contributed by atoms with E-state index in [2.05, 4.69) is 18.2 Å². The number of aryl methyl sites for hydroxylation is 2. The first-order chi connectivity index (χ1) is 9.65. The normalized spacial score (nSPS) is 15.1. The van der Waals surface area contributed by atoms with Gasteiger partial charge < -0.3 is 9.47 Å². The third-order valence-electron chi connectivity index (χ3n) is 3.77. The fourth-order valence-corrected chi connectivity index (χ4v) is 2.34. The lowest BCUT2D eigenvalue weighted by molar-refractivity contribution is -0.133. The monoisotopic (exact) mass is 274 g/mol. The Morgan fingerprint density at radius 1 is 1.35 bits per heavy atom. The summed E-state index contributed by atoms with van der Waals surface area (Å²) in [6, 6.07) is 6.28. The van der Waals surface area contributed by atoms with Gasteiger partial charge in [0.05, 0.1) is 20.5 Å². The summed E-state index contributed by atoms with van der Waals surface area (Å²) in [5.41, 5.74) is 3.69. The van der Waals surface area contributed by atoms with E-state index in [1.807, 2.05) is 6.92 Å². The molecule has 3 heteroatoms. The number of benzene rings is 1. The minimum atomic E-state index is -0.366. The van der Waals surface area contributed by atoms with Gasteiger partial charge in [0.15, 0.2) is 0 Å². The molecule has 1 aliphatic carbocycles. The second-order valence-electron chi connectivity index (χ2n) is 5.39. The first kappa shape index (κ1) is 14.6. The Bertz CT molecular complexity index is 513. The van der Waals surface area contributed by atoms with Crippen LogP contribution in [0.4, 0.5) is 0 Å². The van der Waals surface area contributed by atoms with E-state index >= 15 is 0 Å². The van der Waals surface area contributed by atoms with E-state index in [4.69, 9.17) is 9.47 Å². The summed E-state index contributed by atoms with van der Waals surface area (Å²) in [5.74, 6) is 0.545. The molecule has 1 aromatic rings. The second kappa shape index (κ2) is 6.60. The van der Waals surface area contributed by atoms with Gasteiger partial charge in [-0.3, -0.25) is 0 Å². The second-order valence-corrected chi connectivity index (χ2v) is 5.39. The van der Waals surface area contributed by atoms with Gasteiger partial charge in [-0.05, 0) is 42.4 Å². The molecule has 3 nitrogen and oxygen atoms in total. The molecule has 0 radical (unpaired) electrons. The third kappa shape index (κ3) is 3.62. The number of hydrogen-bond acceptors (Lipinski definition) is 3. The highest BCUT2D eigenvalue weighted by Crippen LogP contribution is 2.34. The first-order valence-electron chi connectivity index (χ1n) is 7.07. The van der Waals surface area contributed by atoms with Crippen molar-refractivity contribution in [3.8, 4) is 0 Å². The summed E-state index contributed by atoms with van der Waals surface area (Å²) in [6.45, 7) is 1.99. The molecule has 20 heavy (non-hydrogen) atoms. The molecule has 0 aliphatic heterocycles. The SMILES string of the molecule is CO/C=C(/C(=O)OC)c1cc(CCC2CC2)ccc1C. The number of ether oxygens (including phenoxy) is 2. The molecule has 0 atom stereocenters. The topological polar surface area (TPSA) is 35.5 Å². The molecule has 0 heterocycles. The Balaban J connectivity index is 2.24. The van der Waals surface area contributed by atoms with E-state index in [1.54, 1.807) is 0 Å². The van der Waals surface area contributed by atoms with E-state index in [-0.39, 0.29) is 5.97 Å². The van der Waals surface area contributed by atoms with E-state index in [0.29, 0.717) is 5.57 Å². The van der Waals surface area contributed by atoms with Crippen LogP contribution in [0.1, 0.15) is 36.0 Å². The van der Waals surface area contributed by atoms with Crippen molar-refractivity contribution in [3.05, 3.63) is 41.2 Å². The van der Waals surface area contributed by atoms with Crippen LogP contribution in [0, 0.1) is 12.8 Å². The van der Waals surface area contributed by atoms with Crippen LogP contribution in [0.2, 0.25) is 0 Å². The standard InChI is InChI=1S/C17H22O3/c1-12-4-5-14(9-8-13-6-7-13)10-15(12)16(11-19-2)17(18)20-3/h4-5,10-11,13H,6-9H2,1-3H3/b16-11+. The molecule has 1 aliphatic rings. The van der Waals surface area contributed by atoms with Gasteiger partial charge in [-0.2, -0.15) is 0 Å². The Labute approximate surface area is 120 Å². The van der Waals surface area contributed by atoms with Gasteiger partial charge in [0.2, 0.25) is 0 Å². The summed E-state index contributed by atoms with van der Waals surface area (Å²) < 4.78 is 9.86. The summed E-state index contributed by atoms with van der Waals surface area (Å²) in [7, 11) is 2.92. The predicted octanol–water partition coefficient (Wildman–Crippen LogP) is 3.50. The largest absolute Gasteiger partial charge is 0.503 e. The molecule has 0 unspecified atom stereocenters. The van der Waals surface area contributed by atoms with Crippen LogP contribution in [-0.4, -0.2) is 20.2 Å². The lowest BCUT2D eigenvalue weighted by Gasteiger charge is -2.11. The van der Waals surface area contributed by atoms with Crippen molar-refractivity contribution in [1.82, 2.24) is 0 Å². The molecular weight excluding hydrogens is 252 g/mol. The van der Waals surface area contributed by atoms with E-state index < -0.39 is 0 Å². The number of hydrogen-bond donors (Lipinski definition) is 0. The minimum absolute atomic E-state index is 0.366. The van der Waals surface area contributed by atoms with Crippen LogP contribution in [0.15, 0.2) is 24.5 Å². The molecule has 1 fully saturated rings. The van der Waals surface area contributed by atoms with Crippen LogP contribution >= 0.6 is 0 Å². The molecular formula is C17H22O3. The van der Waals surface area contributed by atoms with Gasteiger partial charge in [0.25, 0.3) is 0 Å². The highest BCUT2D eigenvalue weighted by molar-refractivity contribution is 6.16. The average molecular weight is 274 g/mol. The van der Waals surface area contributed by atoms with Crippen LogP contribution in [0.5, 0.6) is 0 Å². The highest BCUT2D eigenvalue weighted by atomic mass is 16.5. The van der Waals surface area contributed by atoms with Crippen molar-refractivity contribution in [3.63, 3.8) is 0 Å². The maximum absolute atomic E-state index is 11.9. The van der Waals surface area contributed by atoms with Crippen LogP contribution < -0.4 is 0 Å². The molecule has 2 rings (SSSR count). The Morgan fingerprint density at radius 3 is 2.70 bits per heavy atom. The summed E-state index contributed by atoms with van der Waals surface area (Å²) >= 11 is 0. The minimum Gasteiger partial charge on any atom is -0.503 e. The van der Waals surface area contributed by atoms with E-state index in [1.165, 1.54) is 45.3 Å². The van der Waals surface area contributed by atoms with Crippen LogP contribution in [0.25, 0.3) is 5.57 Å². The number of carbonyl (C=O) groups excluding carboxylic acids is 1. The quantitative estimate of drug-likeness (QED) is 0.452. The smallest absolute Gasteiger partial charge is 0.341 e. The van der Waals surface area contributed by atoms with Crippen molar-refractivity contribution < 1.29 is 14.3 Å². The predicted molar refractivity (Wildman–Crippen MR) is 79.2 cm³/mol. The van der Waals surface area contributed by atoms with Crippen LogP contribution in [-0.2, 0) is 20.7 Å². The van der Waals surface area contributed by atoms with Gasteiger partial charge >= 0.3 is 5.97 Å². The summed E-state index contributed by atoms with van der Waals surface area (Å²) in [4.78, 5) is 11.9. The van der Waals surface area contributed by atoms with Crippen molar-refractivity contribution in [2.24, 2.45) is 5.92 Å². The van der Waals surface area contributed by atoms with Crippen molar-refractivity contribution in [2.45, 2.75) is 32.6 Å². The lowest BCUT2D eigenvalue weighted by atomic mass is 9.96. The van der Waals surface area contributed by atoms with Crippen molar-refractivity contribution in [2.75, 3.05) is 14.2 Å². The van der Waals surface area contributed by atoms with Gasteiger partial charge in [-0.1, -0.05) is 31.0 Å². The molecule has 0 bridgehead atoms. The first-order valence-corrected chi connectivity index (χ1v) is 7.07. The highest BCUT2D eigenvalue weighted by Gasteiger charge is 2.21. The third-order valence-corrected chi connectivity index (χ3v) is 3.77. The fraction of sp³-hybridized carbons (Fsp3) is 0.471. The zero-order valence-corrected chi connectivity index (χ0v) is 12.4. The maximum Gasteiger partial charge on any atom is 0.341 e. The number of esters is 1. The zero-order chi connectivity index (χ0) is 14.5. The van der Waals surface area contributed by atoms with Crippen molar-refractivity contribution in [1.29, 1.82) is 0 Å². The van der Waals surface area contributed by atoms with Crippen molar-refractivity contribution >= 4 is 11.5 Å². The number of methoxy groups -OCH3 is 2. The Hall–Kier alpha value is -1.77. The Kier molecular flexibility index (Phi) is 4.83. The molecule has 0 amide bonds. The Morgan fingerprint density at radius 2 is 2.10 bits per heavy atom. The average Bonchev–Trinajstić information content (AvgIpc) is 3.27. The molecule has 1 aromatic carbocycles. The zero-order valence-electron chi connectivity index (χ0n) is 12.4. The lowest BCUT2D eigenvalue weighted by Crippen LogP contribution is -2.06. The van der Waals surface area contributed by atoms with Gasteiger partial charge in [-0.25, -0.2) is 4.79 Å². The fourth-order valence-electron chi connectivity index (χ4n) is 2.34. The summed E-state index contributed by atoms with van der Waals surface area (Å²) in [6.07, 6.45) is 6.51. The molecule has 0 aromatic heterocycles. The summed E-state index contributed by atoms with van der Waals surface area (Å²) in [5, 5.41) is 0. The molecule has 108 valence electrons. The van der Waals surface area contributed by atoms with Gasteiger partial charge in [0.1, 0.15) is 5.57 Å². The molecule has 1 saturated carbocycles. The van der Waals surface area contributed by atoms with E-state index in [0.717, 1.165) is 23.5 Å². The number of rotatable bonds is 6.